The van der Waals surface area contributed by atoms with Crippen LogP contribution in [0.25, 0.3) is 0 Å². The summed E-state index contributed by atoms with van der Waals surface area (Å²) in [5.74, 6) is 0.954. The molecule has 0 unspecified atom stereocenters. The third-order valence-electron chi connectivity index (χ3n) is 5.12. The molecule has 0 radical (unpaired) electrons. The maximum Gasteiger partial charge on any atom is 0.191 e. The van der Waals surface area contributed by atoms with Gasteiger partial charge in [-0.15, -0.1) is 24.0 Å². The van der Waals surface area contributed by atoms with Gasteiger partial charge in [0.05, 0.1) is 13.2 Å². The highest BCUT2D eigenvalue weighted by Gasteiger charge is 2.42. The Kier molecular flexibility index (Phi) is 9.15. The predicted octanol–water partition coefficient (Wildman–Crippen LogP) is 2.51. The van der Waals surface area contributed by atoms with Gasteiger partial charge in [-0.25, -0.2) is 0 Å². The molecule has 26 heavy (non-hydrogen) atoms. The molecule has 1 aliphatic carbocycles. The first-order valence-corrected chi connectivity index (χ1v) is 9.66. The second kappa shape index (κ2) is 11.1. The molecule has 5 nitrogen and oxygen atoms in total. The Morgan fingerprint density at radius 1 is 1.15 bits per heavy atom. The molecule has 0 spiro atoms. The van der Waals surface area contributed by atoms with Gasteiger partial charge in [-0.2, -0.15) is 0 Å². The van der Waals surface area contributed by atoms with E-state index in [4.69, 9.17) is 9.73 Å². The molecule has 146 valence electrons. The lowest BCUT2D eigenvalue weighted by atomic mass is 9.97. The highest BCUT2D eigenvalue weighted by molar-refractivity contribution is 14.0. The van der Waals surface area contributed by atoms with E-state index in [-0.39, 0.29) is 24.0 Å². The molecule has 1 heterocycles. The van der Waals surface area contributed by atoms with Crippen LogP contribution in [-0.4, -0.2) is 63.3 Å². The van der Waals surface area contributed by atoms with E-state index in [9.17, 15) is 0 Å². The maximum atomic E-state index is 5.40. The number of ether oxygens (including phenoxy) is 1. The minimum Gasteiger partial charge on any atom is -0.379 e. The molecular formula is C20H33IN4O. The van der Waals surface area contributed by atoms with Crippen LogP contribution in [0.3, 0.4) is 0 Å². The first-order valence-electron chi connectivity index (χ1n) is 9.66. The third kappa shape index (κ3) is 7.04. The van der Waals surface area contributed by atoms with Gasteiger partial charge in [-0.1, -0.05) is 30.3 Å². The van der Waals surface area contributed by atoms with Crippen LogP contribution < -0.4 is 10.6 Å². The fraction of sp³-hybridized carbons (Fsp3) is 0.650. The number of benzene rings is 1. The van der Waals surface area contributed by atoms with Crippen LogP contribution in [-0.2, 0) is 11.2 Å². The van der Waals surface area contributed by atoms with Crippen LogP contribution in [0.15, 0.2) is 35.3 Å². The van der Waals surface area contributed by atoms with Crippen molar-refractivity contribution in [3.8, 4) is 0 Å². The molecular weight excluding hydrogens is 439 g/mol. The number of morpholine rings is 1. The Morgan fingerprint density at radius 2 is 1.88 bits per heavy atom. The quantitative estimate of drug-likeness (QED) is 0.347. The number of hydrogen-bond acceptors (Lipinski definition) is 3. The van der Waals surface area contributed by atoms with Crippen molar-refractivity contribution >= 4 is 29.9 Å². The Balaban J connectivity index is 0.00000243. The molecule has 0 bridgehead atoms. The third-order valence-corrected chi connectivity index (χ3v) is 5.12. The zero-order chi connectivity index (χ0) is 17.4. The summed E-state index contributed by atoms with van der Waals surface area (Å²) in [6.07, 6.45) is 3.72. The van der Waals surface area contributed by atoms with Gasteiger partial charge in [0.15, 0.2) is 5.96 Å². The number of aliphatic imine (C=N–C) groups is 1. The summed E-state index contributed by atoms with van der Waals surface area (Å²) in [5, 5.41) is 6.87. The fourth-order valence-electron chi connectivity index (χ4n) is 3.34. The van der Waals surface area contributed by atoms with Gasteiger partial charge in [0.25, 0.3) is 0 Å². The SMILES string of the molecule is CCNC(=NCC1(Cc2ccccc2)CC1)NCCN1CCOCC1.I. The highest BCUT2D eigenvalue weighted by Crippen LogP contribution is 2.48. The molecule has 1 saturated carbocycles. The second-order valence-corrected chi connectivity index (χ2v) is 7.24. The highest BCUT2D eigenvalue weighted by atomic mass is 127. The van der Waals surface area contributed by atoms with Gasteiger partial charge in [0, 0.05) is 39.3 Å². The van der Waals surface area contributed by atoms with Gasteiger partial charge in [-0.05, 0) is 37.2 Å². The molecule has 2 fully saturated rings. The van der Waals surface area contributed by atoms with Crippen LogP contribution in [0.4, 0.5) is 0 Å². The molecule has 2 N–H and O–H groups in total. The summed E-state index contributed by atoms with van der Waals surface area (Å²) >= 11 is 0. The van der Waals surface area contributed by atoms with E-state index in [0.29, 0.717) is 5.41 Å². The molecule has 2 aliphatic rings. The molecule has 1 saturated heterocycles. The van der Waals surface area contributed by atoms with Gasteiger partial charge >= 0.3 is 0 Å². The van der Waals surface area contributed by atoms with Crippen molar-refractivity contribution in [1.82, 2.24) is 15.5 Å². The molecule has 0 aromatic heterocycles. The van der Waals surface area contributed by atoms with Crippen molar-refractivity contribution in [3.05, 3.63) is 35.9 Å². The topological polar surface area (TPSA) is 48.9 Å². The smallest absolute Gasteiger partial charge is 0.191 e. The van der Waals surface area contributed by atoms with Crippen molar-refractivity contribution < 1.29 is 4.74 Å². The first-order chi connectivity index (χ1) is 12.3. The Bertz CT molecular complexity index is 542. The fourth-order valence-corrected chi connectivity index (χ4v) is 3.34. The monoisotopic (exact) mass is 472 g/mol. The summed E-state index contributed by atoms with van der Waals surface area (Å²) in [6, 6.07) is 10.8. The number of hydrogen-bond donors (Lipinski definition) is 2. The average Bonchev–Trinajstić information content (AvgIpc) is 3.41. The zero-order valence-electron chi connectivity index (χ0n) is 15.9. The maximum absolute atomic E-state index is 5.40. The Labute approximate surface area is 175 Å². The number of halogens is 1. The number of nitrogens with one attached hydrogen (secondary N) is 2. The lowest BCUT2D eigenvalue weighted by molar-refractivity contribution is 0.0389. The Hall–Kier alpha value is -0.860. The van der Waals surface area contributed by atoms with Crippen molar-refractivity contribution in [2.75, 3.05) is 52.5 Å². The molecule has 0 amide bonds. The summed E-state index contributed by atoms with van der Waals surface area (Å²) in [5.41, 5.74) is 1.81. The molecule has 1 aliphatic heterocycles. The predicted molar refractivity (Wildman–Crippen MR) is 118 cm³/mol. The van der Waals surface area contributed by atoms with E-state index < -0.39 is 0 Å². The first kappa shape index (κ1) is 21.4. The van der Waals surface area contributed by atoms with Crippen LogP contribution in [0.1, 0.15) is 25.3 Å². The molecule has 6 heteroatoms. The lowest BCUT2D eigenvalue weighted by Crippen LogP contribution is -2.44. The zero-order valence-corrected chi connectivity index (χ0v) is 18.2. The molecule has 3 rings (SSSR count). The largest absolute Gasteiger partial charge is 0.379 e. The number of rotatable bonds is 8. The lowest BCUT2D eigenvalue weighted by Gasteiger charge is -2.26. The summed E-state index contributed by atoms with van der Waals surface area (Å²) < 4.78 is 5.40. The van der Waals surface area contributed by atoms with E-state index in [1.807, 2.05) is 0 Å². The molecule has 0 atom stereocenters. The van der Waals surface area contributed by atoms with Crippen molar-refractivity contribution in [1.29, 1.82) is 0 Å². The van der Waals surface area contributed by atoms with Crippen LogP contribution in [0.2, 0.25) is 0 Å². The second-order valence-electron chi connectivity index (χ2n) is 7.24. The van der Waals surface area contributed by atoms with E-state index in [1.54, 1.807) is 0 Å². The summed E-state index contributed by atoms with van der Waals surface area (Å²) in [4.78, 5) is 7.32. The Morgan fingerprint density at radius 3 is 2.54 bits per heavy atom. The van der Waals surface area contributed by atoms with Gasteiger partial charge < -0.3 is 15.4 Å². The standard InChI is InChI=1S/C20H32N4O.HI/c1-2-21-19(22-10-11-24-12-14-25-15-13-24)23-17-20(8-9-20)16-18-6-4-3-5-7-18;/h3-7H,2,8-17H2,1H3,(H2,21,22,23);1H. The molecule has 1 aromatic carbocycles. The summed E-state index contributed by atoms with van der Waals surface area (Å²) in [6.45, 7) is 9.69. The van der Waals surface area contributed by atoms with Crippen molar-refractivity contribution in [2.24, 2.45) is 10.4 Å². The van der Waals surface area contributed by atoms with E-state index >= 15 is 0 Å². The molecule has 1 aromatic rings. The minimum atomic E-state index is 0. The van der Waals surface area contributed by atoms with Crippen molar-refractivity contribution in [3.63, 3.8) is 0 Å². The van der Waals surface area contributed by atoms with Crippen molar-refractivity contribution in [2.45, 2.75) is 26.2 Å². The number of nitrogens with zero attached hydrogens (tertiary/aromatic N) is 2. The summed E-state index contributed by atoms with van der Waals surface area (Å²) in [7, 11) is 0. The van der Waals surface area contributed by atoms with Crippen LogP contribution in [0.5, 0.6) is 0 Å². The van der Waals surface area contributed by atoms with Gasteiger partial charge in [0.1, 0.15) is 0 Å². The van der Waals surface area contributed by atoms with Gasteiger partial charge in [0.2, 0.25) is 0 Å². The van der Waals surface area contributed by atoms with Crippen LogP contribution in [0, 0.1) is 5.41 Å². The average molecular weight is 472 g/mol. The van der Waals surface area contributed by atoms with E-state index in [2.05, 4.69) is 52.8 Å². The number of guanidine groups is 1. The van der Waals surface area contributed by atoms with Gasteiger partial charge in [-0.3, -0.25) is 9.89 Å². The van der Waals surface area contributed by atoms with Crippen LogP contribution >= 0.6 is 24.0 Å². The van der Waals surface area contributed by atoms with E-state index in [0.717, 1.165) is 64.9 Å². The minimum absolute atomic E-state index is 0. The van der Waals surface area contributed by atoms with E-state index in [1.165, 1.54) is 18.4 Å². The normalized spacial score (nSPS) is 19.5.